The van der Waals surface area contributed by atoms with E-state index in [1.54, 1.807) is 16.2 Å². The van der Waals surface area contributed by atoms with Gasteiger partial charge >= 0.3 is 0 Å². The molecule has 1 aromatic carbocycles. The van der Waals surface area contributed by atoms with Gasteiger partial charge in [0.2, 0.25) is 5.76 Å². The van der Waals surface area contributed by atoms with Gasteiger partial charge in [-0.15, -0.1) is 0 Å². The van der Waals surface area contributed by atoms with Crippen LogP contribution in [0.5, 0.6) is 0 Å². The van der Waals surface area contributed by atoms with E-state index in [2.05, 4.69) is 24.0 Å². The first-order chi connectivity index (χ1) is 13.8. The van der Waals surface area contributed by atoms with E-state index >= 15 is 0 Å². The fourth-order valence-corrected chi connectivity index (χ4v) is 4.40. The van der Waals surface area contributed by atoms with Crippen molar-refractivity contribution in [2.75, 3.05) is 57.5 Å². The van der Waals surface area contributed by atoms with E-state index in [9.17, 15) is 4.79 Å². The third kappa shape index (κ3) is 4.14. The molecule has 7 nitrogen and oxygen atoms in total. The Balaban J connectivity index is 1.61. The van der Waals surface area contributed by atoms with Crippen LogP contribution in [0.2, 0.25) is 0 Å². The SMILES string of the molecule is CCc1cccc2sc(N(CCN3CCOCC3)C(=O)C3=COCCO3)nc12. The average molecular weight is 404 g/mol. The Labute approximate surface area is 168 Å². The highest BCUT2D eigenvalue weighted by Crippen LogP contribution is 2.32. The Morgan fingerprint density at radius 1 is 1.25 bits per heavy atom. The molecule has 150 valence electrons. The molecule has 2 aromatic rings. The van der Waals surface area contributed by atoms with Crippen LogP contribution in [0.3, 0.4) is 0 Å². The van der Waals surface area contributed by atoms with Crippen LogP contribution < -0.4 is 4.90 Å². The summed E-state index contributed by atoms with van der Waals surface area (Å²) in [4.78, 5) is 22.0. The first-order valence-corrected chi connectivity index (χ1v) is 10.5. The van der Waals surface area contributed by atoms with Crippen molar-refractivity contribution < 1.29 is 19.0 Å². The van der Waals surface area contributed by atoms with Gasteiger partial charge in [-0.2, -0.15) is 0 Å². The minimum atomic E-state index is -0.204. The number of para-hydroxylation sites is 1. The summed E-state index contributed by atoms with van der Waals surface area (Å²) in [5.41, 5.74) is 2.17. The number of benzene rings is 1. The molecule has 0 aliphatic carbocycles. The zero-order valence-electron chi connectivity index (χ0n) is 16.1. The molecular formula is C20H25N3O4S. The molecule has 0 radical (unpaired) electrons. The first kappa shape index (κ1) is 19.2. The van der Waals surface area contributed by atoms with Gasteiger partial charge in [-0.05, 0) is 18.1 Å². The standard InChI is InChI=1S/C20H25N3O4S/c1-2-15-4-3-5-17-18(15)21-20(28-17)23(7-6-22-8-10-25-11-9-22)19(24)16-14-26-12-13-27-16/h3-5,14H,2,6-13H2,1H3. The summed E-state index contributed by atoms with van der Waals surface area (Å²) in [6.45, 7) is 7.50. The van der Waals surface area contributed by atoms with E-state index in [1.165, 1.54) is 11.8 Å². The fourth-order valence-electron chi connectivity index (χ4n) is 3.36. The topological polar surface area (TPSA) is 64.1 Å². The summed E-state index contributed by atoms with van der Waals surface area (Å²) < 4.78 is 17.4. The minimum absolute atomic E-state index is 0.204. The van der Waals surface area contributed by atoms with Crippen LogP contribution in [0.15, 0.2) is 30.2 Å². The molecule has 0 N–H and O–H groups in total. The molecule has 1 saturated heterocycles. The largest absolute Gasteiger partial charge is 0.494 e. The highest BCUT2D eigenvalue weighted by molar-refractivity contribution is 7.22. The number of rotatable bonds is 6. The average Bonchev–Trinajstić information content (AvgIpc) is 3.19. The molecule has 8 heteroatoms. The van der Waals surface area contributed by atoms with Crippen LogP contribution in [-0.2, 0) is 25.4 Å². The maximum absolute atomic E-state index is 13.2. The van der Waals surface area contributed by atoms with Crippen LogP contribution in [-0.4, -0.2) is 68.4 Å². The van der Waals surface area contributed by atoms with E-state index in [-0.39, 0.29) is 11.7 Å². The summed E-state index contributed by atoms with van der Waals surface area (Å²) in [5.74, 6) is 0.0354. The van der Waals surface area contributed by atoms with Crippen molar-refractivity contribution in [2.45, 2.75) is 13.3 Å². The number of nitrogens with zero attached hydrogens (tertiary/aromatic N) is 3. The predicted molar refractivity (Wildman–Crippen MR) is 109 cm³/mol. The highest BCUT2D eigenvalue weighted by atomic mass is 32.1. The molecule has 1 aromatic heterocycles. The monoisotopic (exact) mass is 403 g/mol. The maximum atomic E-state index is 13.2. The Bertz CT molecular complexity index is 860. The predicted octanol–water partition coefficient (Wildman–Crippen LogP) is 2.41. The maximum Gasteiger partial charge on any atom is 0.298 e. The second-order valence-electron chi connectivity index (χ2n) is 6.73. The summed E-state index contributed by atoms with van der Waals surface area (Å²) in [6, 6.07) is 6.19. The van der Waals surface area contributed by atoms with Crippen LogP contribution in [0.4, 0.5) is 5.13 Å². The lowest BCUT2D eigenvalue weighted by Gasteiger charge is -2.29. The zero-order valence-corrected chi connectivity index (χ0v) is 16.9. The van der Waals surface area contributed by atoms with Crippen LogP contribution in [0.25, 0.3) is 10.2 Å². The van der Waals surface area contributed by atoms with Crippen molar-refractivity contribution in [1.82, 2.24) is 9.88 Å². The molecular weight excluding hydrogens is 378 g/mol. The number of ether oxygens (including phenoxy) is 3. The number of anilines is 1. The number of morpholine rings is 1. The number of hydrogen-bond acceptors (Lipinski definition) is 7. The lowest BCUT2D eigenvalue weighted by atomic mass is 10.1. The van der Waals surface area contributed by atoms with Gasteiger partial charge in [0.05, 0.1) is 23.4 Å². The number of carbonyl (C=O) groups is 1. The van der Waals surface area contributed by atoms with Gasteiger partial charge in [-0.1, -0.05) is 30.4 Å². The molecule has 0 spiro atoms. The molecule has 1 amide bonds. The number of fused-ring (bicyclic) bond motifs is 1. The Kier molecular flexibility index (Phi) is 6.09. The molecule has 0 saturated carbocycles. The summed E-state index contributed by atoms with van der Waals surface area (Å²) in [6.07, 6.45) is 2.32. The van der Waals surface area contributed by atoms with E-state index < -0.39 is 0 Å². The summed E-state index contributed by atoms with van der Waals surface area (Å²) in [7, 11) is 0. The van der Waals surface area contributed by atoms with Gasteiger partial charge < -0.3 is 14.2 Å². The van der Waals surface area contributed by atoms with Crippen LogP contribution in [0, 0.1) is 0 Å². The lowest BCUT2D eigenvalue weighted by molar-refractivity contribution is -0.119. The lowest BCUT2D eigenvalue weighted by Crippen LogP contribution is -2.44. The fraction of sp³-hybridized carbons (Fsp3) is 0.500. The van der Waals surface area contributed by atoms with Gasteiger partial charge in [-0.3, -0.25) is 14.6 Å². The smallest absolute Gasteiger partial charge is 0.298 e. The number of carbonyl (C=O) groups excluding carboxylic acids is 1. The number of amides is 1. The molecule has 0 bridgehead atoms. The Morgan fingerprint density at radius 2 is 2.11 bits per heavy atom. The van der Waals surface area contributed by atoms with Crippen molar-refractivity contribution in [1.29, 1.82) is 0 Å². The number of hydrogen-bond donors (Lipinski definition) is 0. The highest BCUT2D eigenvalue weighted by Gasteiger charge is 2.27. The molecule has 2 aliphatic rings. The molecule has 1 fully saturated rings. The third-order valence-electron chi connectivity index (χ3n) is 4.95. The summed E-state index contributed by atoms with van der Waals surface area (Å²) in [5, 5.41) is 0.698. The quantitative estimate of drug-likeness (QED) is 0.738. The van der Waals surface area contributed by atoms with Crippen molar-refractivity contribution in [3.63, 3.8) is 0 Å². The molecule has 28 heavy (non-hydrogen) atoms. The summed E-state index contributed by atoms with van der Waals surface area (Å²) >= 11 is 1.54. The van der Waals surface area contributed by atoms with Crippen LogP contribution in [0.1, 0.15) is 12.5 Å². The van der Waals surface area contributed by atoms with Gasteiger partial charge in [-0.25, -0.2) is 4.98 Å². The van der Waals surface area contributed by atoms with Gasteiger partial charge in [0.15, 0.2) is 5.13 Å². The molecule has 0 atom stereocenters. The molecule has 2 aliphatic heterocycles. The third-order valence-corrected chi connectivity index (χ3v) is 6.00. The first-order valence-electron chi connectivity index (χ1n) is 9.71. The van der Waals surface area contributed by atoms with Crippen LogP contribution >= 0.6 is 11.3 Å². The molecule has 3 heterocycles. The number of aromatic nitrogens is 1. The second-order valence-corrected chi connectivity index (χ2v) is 7.74. The Morgan fingerprint density at radius 3 is 2.86 bits per heavy atom. The normalized spacial score (nSPS) is 17.7. The zero-order chi connectivity index (χ0) is 19.3. The van der Waals surface area contributed by atoms with Gasteiger partial charge in [0, 0.05) is 26.2 Å². The van der Waals surface area contributed by atoms with E-state index in [0.717, 1.165) is 49.5 Å². The second kappa shape index (κ2) is 8.89. The molecule has 0 unspecified atom stereocenters. The van der Waals surface area contributed by atoms with Gasteiger partial charge in [0.25, 0.3) is 5.91 Å². The minimum Gasteiger partial charge on any atom is -0.494 e. The van der Waals surface area contributed by atoms with E-state index in [0.29, 0.717) is 24.9 Å². The number of aryl methyl sites for hydroxylation is 1. The molecule has 4 rings (SSSR count). The van der Waals surface area contributed by atoms with Crippen molar-refractivity contribution in [3.8, 4) is 0 Å². The Hall–Kier alpha value is -2.16. The number of thiazole rings is 1. The van der Waals surface area contributed by atoms with Crippen molar-refractivity contribution in [3.05, 3.63) is 35.8 Å². The van der Waals surface area contributed by atoms with Gasteiger partial charge in [0.1, 0.15) is 19.5 Å². The van der Waals surface area contributed by atoms with E-state index in [4.69, 9.17) is 19.2 Å². The van der Waals surface area contributed by atoms with E-state index in [1.807, 2.05) is 6.07 Å². The van der Waals surface area contributed by atoms with Crippen molar-refractivity contribution >= 4 is 32.6 Å². The van der Waals surface area contributed by atoms with Crippen molar-refractivity contribution in [2.24, 2.45) is 0 Å².